The summed E-state index contributed by atoms with van der Waals surface area (Å²) >= 11 is 2.57. The van der Waals surface area contributed by atoms with Crippen LogP contribution in [0.15, 0.2) is 47.6 Å². The van der Waals surface area contributed by atoms with Crippen LogP contribution < -0.4 is 4.74 Å². The minimum atomic E-state index is -0.436. The lowest BCUT2D eigenvalue weighted by Crippen LogP contribution is -2.14. The molecule has 24 heavy (non-hydrogen) atoms. The molecule has 1 aromatic rings. The number of ether oxygens (including phenoxy) is 2. The summed E-state index contributed by atoms with van der Waals surface area (Å²) in [6, 6.07) is 7.15. The van der Waals surface area contributed by atoms with Gasteiger partial charge < -0.3 is 9.47 Å². The highest BCUT2D eigenvalue weighted by Gasteiger charge is 2.22. The van der Waals surface area contributed by atoms with Gasteiger partial charge in [-0.05, 0) is 30.8 Å². The molecule has 0 aromatic heterocycles. The monoisotopic (exact) mass is 363 g/mol. The van der Waals surface area contributed by atoms with Crippen molar-refractivity contribution in [2.24, 2.45) is 4.99 Å². The third-order valence-corrected chi connectivity index (χ3v) is 4.79. The van der Waals surface area contributed by atoms with Crippen molar-refractivity contribution in [2.75, 3.05) is 19.0 Å². The maximum Gasteiger partial charge on any atom is 0.344 e. The van der Waals surface area contributed by atoms with Gasteiger partial charge >= 0.3 is 5.97 Å². The van der Waals surface area contributed by atoms with Gasteiger partial charge in [0, 0.05) is 11.3 Å². The zero-order valence-corrected chi connectivity index (χ0v) is 14.8. The van der Waals surface area contributed by atoms with E-state index < -0.39 is 5.97 Å². The molecule has 0 spiro atoms. The van der Waals surface area contributed by atoms with Crippen molar-refractivity contribution in [1.82, 2.24) is 0 Å². The van der Waals surface area contributed by atoms with Crippen LogP contribution in [0.1, 0.15) is 12.5 Å². The summed E-state index contributed by atoms with van der Waals surface area (Å²) in [5, 5.41) is -0.109. The van der Waals surface area contributed by atoms with E-state index in [1.54, 1.807) is 37.3 Å². The van der Waals surface area contributed by atoms with Crippen LogP contribution in [0.5, 0.6) is 5.75 Å². The lowest BCUT2D eigenvalue weighted by Gasteiger charge is -2.08. The molecule has 0 N–H and O–H groups in total. The Hall–Kier alpha value is -1.99. The number of carbonyl (C=O) groups is 2. The molecule has 0 amide bonds. The fourth-order valence-electron chi connectivity index (χ4n) is 1.80. The average Bonchev–Trinajstić information content (AvgIpc) is 2.92. The van der Waals surface area contributed by atoms with E-state index in [9.17, 15) is 9.59 Å². The summed E-state index contributed by atoms with van der Waals surface area (Å²) in [4.78, 5) is 27.8. The van der Waals surface area contributed by atoms with Crippen molar-refractivity contribution in [3.63, 3.8) is 0 Å². The number of carbonyl (C=O) groups excluding carboxylic acids is 2. The van der Waals surface area contributed by atoms with Crippen LogP contribution in [0.3, 0.4) is 0 Å². The molecule has 0 saturated heterocycles. The Morgan fingerprint density at radius 3 is 2.96 bits per heavy atom. The Balaban J connectivity index is 2.14. The fourth-order valence-corrected chi connectivity index (χ4v) is 3.40. The molecule has 0 atom stereocenters. The smallest absolute Gasteiger partial charge is 0.344 e. The number of nitrogens with zero attached hydrogens (tertiary/aromatic N) is 1. The van der Waals surface area contributed by atoms with Gasteiger partial charge in [0.25, 0.3) is 0 Å². The van der Waals surface area contributed by atoms with E-state index in [-0.39, 0.29) is 11.7 Å². The second-order valence-electron chi connectivity index (χ2n) is 4.53. The van der Waals surface area contributed by atoms with Crippen LogP contribution >= 0.6 is 23.5 Å². The van der Waals surface area contributed by atoms with E-state index in [1.807, 2.05) is 6.07 Å². The van der Waals surface area contributed by atoms with Gasteiger partial charge in [-0.15, -0.1) is 6.58 Å². The zero-order valence-electron chi connectivity index (χ0n) is 13.2. The van der Waals surface area contributed by atoms with E-state index in [4.69, 9.17) is 9.47 Å². The molecule has 0 fully saturated rings. The molecule has 1 aliphatic heterocycles. The van der Waals surface area contributed by atoms with E-state index >= 15 is 0 Å². The minimum absolute atomic E-state index is 0.109. The first-order chi connectivity index (χ1) is 11.6. The summed E-state index contributed by atoms with van der Waals surface area (Å²) in [6.07, 6.45) is 3.43. The van der Waals surface area contributed by atoms with Gasteiger partial charge in [0.05, 0.1) is 6.61 Å². The van der Waals surface area contributed by atoms with Gasteiger partial charge in [-0.25, -0.2) is 9.79 Å². The number of para-hydroxylation sites is 1. The second-order valence-corrected chi connectivity index (χ2v) is 6.76. The molecular weight excluding hydrogens is 346 g/mol. The molecule has 5 nitrogen and oxygen atoms in total. The molecule has 1 heterocycles. The highest BCUT2D eigenvalue weighted by Crippen LogP contribution is 2.32. The number of rotatable bonds is 7. The van der Waals surface area contributed by atoms with Gasteiger partial charge in [0.2, 0.25) is 5.12 Å². The topological polar surface area (TPSA) is 65.0 Å². The summed E-state index contributed by atoms with van der Waals surface area (Å²) in [5.74, 6) is 0.762. The van der Waals surface area contributed by atoms with E-state index in [0.29, 0.717) is 33.7 Å². The number of benzene rings is 1. The van der Waals surface area contributed by atoms with Crippen molar-refractivity contribution in [2.45, 2.75) is 6.92 Å². The van der Waals surface area contributed by atoms with Crippen LogP contribution in [0.2, 0.25) is 0 Å². The first-order valence-corrected chi connectivity index (χ1v) is 9.08. The third-order valence-electron chi connectivity index (χ3n) is 2.79. The SMILES string of the molecule is C=CCSC1=N/C(=C/c2ccccc2OCC(=O)OCC)C(=O)S1. The van der Waals surface area contributed by atoms with Crippen molar-refractivity contribution in [1.29, 1.82) is 0 Å². The number of esters is 1. The minimum Gasteiger partial charge on any atom is -0.481 e. The van der Waals surface area contributed by atoms with E-state index in [0.717, 1.165) is 11.8 Å². The van der Waals surface area contributed by atoms with Gasteiger partial charge in [-0.2, -0.15) is 0 Å². The molecule has 0 radical (unpaired) electrons. The van der Waals surface area contributed by atoms with Crippen LogP contribution in [-0.2, 0) is 14.3 Å². The van der Waals surface area contributed by atoms with Crippen LogP contribution in [0.25, 0.3) is 6.08 Å². The van der Waals surface area contributed by atoms with Crippen LogP contribution in [0.4, 0.5) is 0 Å². The first-order valence-electron chi connectivity index (χ1n) is 7.27. The Bertz CT molecular complexity index is 698. The third kappa shape index (κ3) is 5.28. The maximum absolute atomic E-state index is 12.0. The summed E-state index contributed by atoms with van der Waals surface area (Å²) < 4.78 is 11.0. The van der Waals surface area contributed by atoms with Crippen molar-refractivity contribution < 1.29 is 19.1 Å². The predicted octanol–water partition coefficient (Wildman–Crippen LogP) is 3.52. The summed E-state index contributed by atoms with van der Waals surface area (Å²) in [5.41, 5.74) is 1.04. The molecular formula is C17H17NO4S2. The largest absolute Gasteiger partial charge is 0.481 e. The second kappa shape index (κ2) is 9.34. The molecule has 0 unspecified atom stereocenters. The number of aliphatic imine (C=N–C) groups is 1. The molecule has 0 bridgehead atoms. The maximum atomic E-state index is 12.0. The van der Waals surface area contributed by atoms with E-state index in [1.165, 1.54) is 11.8 Å². The van der Waals surface area contributed by atoms with Crippen molar-refractivity contribution in [3.8, 4) is 5.75 Å². The highest BCUT2D eigenvalue weighted by molar-refractivity contribution is 8.45. The highest BCUT2D eigenvalue weighted by atomic mass is 32.2. The first kappa shape index (κ1) is 18.4. The standard InChI is InChI=1S/C17H17NO4S2/c1-3-9-23-17-18-13(16(20)24-17)10-12-7-5-6-8-14(12)22-11-15(19)21-4-2/h3,5-8,10H,1,4,9,11H2,2H3/b13-10+. The van der Waals surface area contributed by atoms with Crippen LogP contribution in [-0.4, -0.2) is 34.4 Å². The summed E-state index contributed by atoms with van der Waals surface area (Å²) in [7, 11) is 0. The fraction of sp³-hybridized carbons (Fsp3) is 0.235. The molecule has 1 aliphatic rings. The van der Waals surface area contributed by atoms with E-state index in [2.05, 4.69) is 11.6 Å². The Morgan fingerprint density at radius 2 is 2.21 bits per heavy atom. The molecule has 1 aromatic carbocycles. The van der Waals surface area contributed by atoms with Crippen molar-refractivity contribution in [3.05, 3.63) is 48.2 Å². The number of hydrogen-bond acceptors (Lipinski definition) is 7. The average molecular weight is 363 g/mol. The van der Waals surface area contributed by atoms with Gasteiger partial charge in [0.15, 0.2) is 6.61 Å². The van der Waals surface area contributed by atoms with Gasteiger partial charge in [-0.1, -0.05) is 36.0 Å². The Kier molecular flexibility index (Phi) is 7.14. The Morgan fingerprint density at radius 1 is 1.42 bits per heavy atom. The number of thioether (sulfide) groups is 2. The van der Waals surface area contributed by atoms with Gasteiger partial charge in [-0.3, -0.25) is 4.79 Å². The lowest BCUT2D eigenvalue weighted by molar-refractivity contribution is -0.145. The quantitative estimate of drug-likeness (QED) is 0.420. The normalized spacial score (nSPS) is 15.3. The lowest BCUT2D eigenvalue weighted by atomic mass is 10.1. The van der Waals surface area contributed by atoms with Gasteiger partial charge in [0.1, 0.15) is 15.8 Å². The molecule has 0 aliphatic carbocycles. The summed E-state index contributed by atoms with van der Waals surface area (Å²) in [6.45, 7) is 5.51. The molecule has 7 heteroatoms. The van der Waals surface area contributed by atoms with Crippen molar-refractivity contribution >= 4 is 45.1 Å². The Labute approximate surface area is 149 Å². The molecule has 126 valence electrons. The number of hydrogen-bond donors (Lipinski definition) is 0. The molecule has 0 saturated carbocycles. The zero-order chi connectivity index (χ0) is 17.4. The molecule has 2 rings (SSSR count). The predicted molar refractivity (Wildman–Crippen MR) is 99.2 cm³/mol. The van der Waals surface area contributed by atoms with Crippen LogP contribution in [0, 0.1) is 0 Å².